The highest BCUT2D eigenvalue weighted by Crippen LogP contribution is 2.42. The largest absolute Gasteiger partial charge is 0.467 e. The molecule has 0 radical (unpaired) electrons. The molecule has 0 bridgehead atoms. The molecule has 0 unspecified atom stereocenters. The molecule has 1 aromatic heterocycles. The molecule has 0 amide bonds. The van der Waals surface area contributed by atoms with Gasteiger partial charge in [0, 0.05) is 6.54 Å². The van der Waals surface area contributed by atoms with Gasteiger partial charge in [0.05, 0.1) is 12.9 Å². The maximum atomic E-state index is 11.1. The summed E-state index contributed by atoms with van der Waals surface area (Å²) >= 11 is 0. The van der Waals surface area contributed by atoms with Crippen molar-refractivity contribution in [2.45, 2.75) is 70.2 Å². The van der Waals surface area contributed by atoms with Crippen molar-refractivity contribution in [2.24, 2.45) is 0 Å². The Balaban J connectivity index is 1.63. The van der Waals surface area contributed by atoms with E-state index in [2.05, 4.69) is 0 Å². The number of furan rings is 1. The first kappa shape index (κ1) is 20.5. The van der Waals surface area contributed by atoms with E-state index in [9.17, 15) is 5.21 Å². The van der Waals surface area contributed by atoms with Crippen LogP contribution in [-0.4, -0.2) is 46.8 Å². The molecule has 29 heavy (non-hydrogen) atoms. The van der Waals surface area contributed by atoms with Gasteiger partial charge in [-0.2, -0.15) is 5.06 Å². The van der Waals surface area contributed by atoms with Gasteiger partial charge in [0.25, 0.3) is 0 Å². The second-order valence-corrected chi connectivity index (χ2v) is 8.48. The lowest BCUT2D eigenvalue weighted by Gasteiger charge is -2.32. The molecule has 2 fully saturated rings. The number of nitrogens with zero attached hydrogens (tertiary/aromatic N) is 1. The van der Waals surface area contributed by atoms with Crippen molar-refractivity contribution in [2.75, 3.05) is 6.61 Å². The average molecular weight is 403 g/mol. The maximum absolute atomic E-state index is 11.1. The Morgan fingerprint density at radius 1 is 1.00 bits per heavy atom. The first-order valence-electron chi connectivity index (χ1n) is 9.94. The zero-order chi connectivity index (χ0) is 20.6. The summed E-state index contributed by atoms with van der Waals surface area (Å²) in [5, 5.41) is 12.3. The highest BCUT2D eigenvalue weighted by atomic mass is 16.8. The molecule has 7 heteroatoms. The number of ether oxygens (including phenoxy) is 4. The van der Waals surface area contributed by atoms with Crippen LogP contribution in [0.25, 0.3) is 0 Å². The summed E-state index contributed by atoms with van der Waals surface area (Å²) in [6.45, 7) is 8.18. The van der Waals surface area contributed by atoms with E-state index in [4.69, 9.17) is 23.4 Å². The Kier molecular flexibility index (Phi) is 5.54. The van der Waals surface area contributed by atoms with Crippen molar-refractivity contribution >= 4 is 0 Å². The van der Waals surface area contributed by atoms with Crippen LogP contribution in [-0.2, 0) is 25.5 Å². The van der Waals surface area contributed by atoms with Gasteiger partial charge in [0.2, 0.25) is 0 Å². The smallest absolute Gasteiger partial charge is 0.163 e. The minimum Gasteiger partial charge on any atom is -0.467 e. The summed E-state index contributed by atoms with van der Waals surface area (Å²) in [5.74, 6) is -0.920. The molecule has 2 aliphatic heterocycles. The molecule has 1 aromatic carbocycles. The third kappa shape index (κ3) is 4.55. The summed E-state index contributed by atoms with van der Waals surface area (Å²) < 4.78 is 30.0. The van der Waals surface area contributed by atoms with Crippen LogP contribution in [0.4, 0.5) is 0 Å². The van der Waals surface area contributed by atoms with E-state index < -0.39 is 29.8 Å². The van der Waals surface area contributed by atoms with Crippen molar-refractivity contribution in [3.63, 3.8) is 0 Å². The van der Waals surface area contributed by atoms with Gasteiger partial charge >= 0.3 is 0 Å². The zero-order valence-electron chi connectivity index (χ0n) is 17.3. The molecule has 0 saturated carbocycles. The summed E-state index contributed by atoms with van der Waals surface area (Å²) in [7, 11) is 0. The maximum Gasteiger partial charge on any atom is 0.163 e. The first-order valence-corrected chi connectivity index (χ1v) is 9.94. The van der Waals surface area contributed by atoms with Crippen molar-refractivity contribution in [1.82, 2.24) is 5.06 Å². The van der Waals surface area contributed by atoms with Gasteiger partial charge in [-0.1, -0.05) is 30.3 Å². The van der Waals surface area contributed by atoms with Crippen LogP contribution in [0.15, 0.2) is 53.1 Å². The lowest BCUT2D eigenvalue weighted by Crippen LogP contribution is -2.45. The Morgan fingerprint density at radius 3 is 2.38 bits per heavy atom. The Hall–Kier alpha value is -1.74. The van der Waals surface area contributed by atoms with Crippen LogP contribution in [0.3, 0.4) is 0 Å². The number of hydroxylamine groups is 2. The molecule has 158 valence electrons. The van der Waals surface area contributed by atoms with Gasteiger partial charge in [0.15, 0.2) is 11.6 Å². The van der Waals surface area contributed by atoms with E-state index in [1.807, 2.05) is 64.1 Å². The predicted molar refractivity (Wildman–Crippen MR) is 104 cm³/mol. The minimum absolute atomic E-state index is 0.312. The Morgan fingerprint density at radius 2 is 1.76 bits per heavy atom. The van der Waals surface area contributed by atoms with E-state index in [1.165, 1.54) is 5.06 Å². The van der Waals surface area contributed by atoms with Crippen molar-refractivity contribution in [3.05, 3.63) is 60.1 Å². The molecule has 2 aromatic rings. The van der Waals surface area contributed by atoms with E-state index in [1.54, 1.807) is 12.3 Å². The number of hydrogen-bond acceptors (Lipinski definition) is 7. The lowest BCUT2D eigenvalue weighted by molar-refractivity contribution is -0.194. The van der Waals surface area contributed by atoms with Crippen molar-refractivity contribution in [1.29, 1.82) is 0 Å². The topological polar surface area (TPSA) is 73.5 Å². The molecule has 4 atom stereocenters. The quantitative estimate of drug-likeness (QED) is 0.734. The number of rotatable bonds is 6. The molecule has 0 spiro atoms. The van der Waals surface area contributed by atoms with Crippen LogP contribution in [0.2, 0.25) is 0 Å². The fourth-order valence-corrected chi connectivity index (χ4v) is 4.03. The summed E-state index contributed by atoms with van der Waals surface area (Å²) in [5.41, 5.74) is 0.975. The third-order valence-electron chi connectivity index (χ3n) is 5.21. The normalized spacial score (nSPS) is 29.4. The Bertz CT molecular complexity index is 791. The molecule has 7 nitrogen and oxygen atoms in total. The van der Waals surface area contributed by atoms with Gasteiger partial charge in [-0.3, -0.25) is 0 Å². The number of hydrogen-bond donors (Lipinski definition) is 1. The van der Waals surface area contributed by atoms with E-state index >= 15 is 0 Å². The third-order valence-corrected chi connectivity index (χ3v) is 5.21. The van der Waals surface area contributed by atoms with Crippen molar-refractivity contribution < 1.29 is 28.6 Å². The fourth-order valence-electron chi connectivity index (χ4n) is 4.03. The molecule has 0 aliphatic carbocycles. The highest BCUT2D eigenvalue weighted by Gasteiger charge is 2.54. The van der Waals surface area contributed by atoms with Crippen LogP contribution >= 0.6 is 0 Å². The van der Waals surface area contributed by atoms with Gasteiger partial charge < -0.3 is 28.6 Å². The summed E-state index contributed by atoms with van der Waals surface area (Å²) in [6, 6.07) is 12.8. The lowest BCUT2D eigenvalue weighted by atomic mass is 9.98. The Labute approximate surface area is 171 Å². The van der Waals surface area contributed by atoms with Crippen LogP contribution in [0.5, 0.6) is 0 Å². The molecular formula is C22H29NO6. The monoisotopic (exact) mass is 403 g/mol. The molecular weight excluding hydrogens is 374 g/mol. The minimum atomic E-state index is -0.830. The first-order chi connectivity index (χ1) is 13.7. The van der Waals surface area contributed by atoms with E-state index in [0.717, 1.165) is 5.56 Å². The van der Waals surface area contributed by atoms with Gasteiger partial charge in [-0.05, 0) is 45.4 Å². The summed E-state index contributed by atoms with van der Waals surface area (Å²) in [4.78, 5) is 0. The molecule has 2 saturated heterocycles. The number of benzene rings is 1. The van der Waals surface area contributed by atoms with E-state index in [0.29, 0.717) is 18.9 Å². The zero-order valence-corrected chi connectivity index (χ0v) is 17.3. The van der Waals surface area contributed by atoms with Crippen LogP contribution in [0.1, 0.15) is 45.1 Å². The second-order valence-electron chi connectivity index (χ2n) is 8.48. The average Bonchev–Trinajstić information content (AvgIpc) is 3.36. The summed E-state index contributed by atoms with van der Waals surface area (Å²) in [6.07, 6.45) is 0.312. The standard InChI is InChI=1S/C22H29NO6/c1-21(2)26-14-17(27-21)19-20(29-22(3,4)28-19)18(16-11-8-12-25-16)23(24)13-15-9-6-5-7-10-15/h5-12,17-20,24H,13-14H2,1-4H3/t17-,18-,19+,20-/m1/s1. The second kappa shape index (κ2) is 7.83. The fraction of sp³-hybridized carbons (Fsp3) is 0.545. The molecule has 4 rings (SSSR count). The van der Waals surface area contributed by atoms with Gasteiger partial charge in [-0.25, -0.2) is 0 Å². The van der Waals surface area contributed by atoms with E-state index in [-0.39, 0.29) is 6.10 Å². The molecule has 1 N–H and O–H groups in total. The van der Waals surface area contributed by atoms with Crippen LogP contribution < -0.4 is 0 Å². The van der Waals surface area contributed by atoms with Gasteiger partial charge in [-0.15, -0.1) is 0 Å². The predicted octanol–water partition coefficient (Wildman–Crippen LogP) is 3.88. The van der Waals surface area contributed by atoms with Gasteiger partial charge in [0.1, 0.15) is 30.1 Å². The SMILES string of the molecule is CC1(C)O[C@@H]([C@H]2COC(C)(C)O2)[C@@H]([C@@H](c2ccco2)N(O)Cc2ccccc2)O1. The molecule has 3 heterocycles. The van der Waals surface area contributed by atoms with Crippen LogP contribution in [0, 0.1) is 0 Å². The van der Waals surface area contributed by atoms with Crippen molar-refractivity contribution in [3.8, 4) is 0 Å². The molecule has 2 aliphatic rings. The highest BCUT2D eigenvalue weighted by molar-refractivity contribution is 5.16.